The Bertz CT molecular complexity index is 492. The first-order chi connectivity index (χ1) is 10.0. The molecule has 0 radical (unpaired) electrons. The Morgan fingerprint density at radius 3 is 2.62 bits per heavy atom. The van der Waals surface area contributed by atoms with Gasteiger partial charge in [-0.3, -0.25) is 14.4 Å². The summed E-state index contributed by atoms with van der Waals surface area (Å²) in [5, 5.41) is 4.43. The largest absolute Gasteiger partial charge is 0.379 e. The molecule has 1 unspecified atom stereocenters. The van der Waals surface area contributed by atoms with Gasteiger partial charge < -0.3 is 4.74 Å². The van der Waals surface area contributed by atoms with Gasteiger partial charge in [-0.15, -0.1) is 0 Å². The molecule has 118 valence electrons. The molecule has 0 aromatic carbocycles. The number of morpholine rings is 1. The molecule has 1 aromatic heterocycles. The number of ether oxygens (including phenoxy) is 1. The highest BCUT2D eigenvalue weighted by Gasteiger charge is 2.38. The summed E-state index contributed by atoms with van der Waals surface area (Å²) in [5.41, 5.74) is 1.60. The lowest BCUT2D eigenvalue weighted by atomic mass is 9.88. The van der Waals surface area contributed by atoms with E-state index in [1.165, 1.54) is 0 Å². The monoisotopic (exact) mass is 293 g/mol. The summed E-state index contributed by atoms with van der Waals surface area (Å²) in [6, 6.07) is 2.02. The smallest absolute Gasteiger partial charge is 0.158 e. The van der Waals surface area contributed by atoms with Gasteiger partial charge in [-0.05, 0) is 33.3 Å². The summed E-state index contributed by atoms with van der Waals surface area (Å²) in [6.07, 6.45) is 1.28. The molecule has 1 aliphatic heterocycles. The number of carbonyl (C=O) groups excluding carboxylic acids is 1. The van der Waals surface area contributed by atoms with Crippen molar-refractivity contribution >= 4 is 5.78 Å². The Morgan fingerprint density at radius 2 is 2.05 bits per heavy atom. The quantitative estimate of drug-likeness (QED) is 0.803. The van der Waals surface area contributed by atoms with Crippen LogP contribution >= 0.6 is 0 Å². The molecule has 0 amide bonds. The van der Waals surface area contributed by atoms with Crippen molar-refractivity contribution in [1.29, 1.82) is 0 Å². The van der Waals surface area contributed by atoms with Gasteiger partial charge in [-0.1, -0.05) is 6.92 Å². The molecule has 0 bridgehead atoms. The minimum Gasteiger partial charge on any atom is -0.379 e. The minimum atomic E-state index is -0.402. The number of hydrogen-bond acceptors (Lipinski definition) is 4. The third kappa shape index (κ3) is 3.35. The van der Waals surface area contributed by atoms with Gasteiger partial charge in [-0.25, -0.2) is 0 Å². The maximum absolute atomic E-state index is 12.9. The first kappa shape index (κ1) is 16.2. The zero-order valence-electron chi connectivity index (χ0n) is 13.7. The molecule has 21 heavy (non-hydrogen) atoms. The van der Waals surface area contributed by atoms with Crippen LogP contribution in [0, 0.1) is 6.92 Å². The van der Waals surface area contributed by atoms with E-state index in [1.807, 2.05) is 17.7 Å². The molecule has 0 saturated carbocycles. The molecule has 0 spiro atoms. The van der Waals surface area contributed by atoms with Crippen LogP contribution in [-0.4, -0.2) is 52.3 Å². The fourth-order valence-electron chi connectivity index (χ4n) is 3.02. The van der Waals surface area contributed by atoms with Crippen molar-refractivity contribution in [2.75, 3.05) is 26.3 Å². The predicted octanol–water partition coefficient (Wildman–Crippen LogP) is 1.82. The Morgan fingerprint density at radius 1 is 1.38 bits per heavy atom. The van der Waals surface area contributed by atoms with Crippen LogP contribution in [0.5, 0.6) is 0 Å². The van der Waals surface area contributed by atoms with Gasteiger partial charge in [-0.2, -0.15) is 5.10 Å². The number of aromatic nitrogens is 2. The van der Waals surface area contributed by atoms with E-state index in [2.05, 4.69) is 30.8 Å². The molecule has 0 aliphatic carbocycles. The average Bonchev–Trinajstić information content (AvgIpc) is 2.86. The number of nitrogens with zero attached hydrogens (tertiary/aromatic N) is 3. The van der Waals surface area contributed by atoms with Crippen LogP contribution in [0.1, 0.15) is 38.6 Å². The SMILES string of the molecule is CCn1nc(C)cc1CC(=O)C(C)(CC)N1CCOCC1. The number of aryl methyl sites for hydroxylation is 2. The van der Waals surface area contributed by atoms with Crippen LogP contribution in [0.15, 0.2) is 6.07 Å². The van der Waals surface area contributed by atoms with E-state index in [0.29, 0.717) is 6.42 Å². The fourth-order valence-corrected chi connectivity index (χ4v) is 3.02. The highest BCUT2D eigenvalue weighted by atomic mass is 16.5. The van der Waals surface area contributed by atoms with Gasteiger partial charge in [0.25, 0.3) is 0 Å². The Hall–Kier alpha value is -1.20. The van der Waals surface area contributed by atoms with Crippen molar-refractivity contribution in [2.24, 2.45) is 0 Å². The van der Waals surface area contributed by atoms with E-state index in [4.69, 9.17) is 4.74 Å². The molecule has 5 nitrogen and oxygen atoms in total. The van der Waals surface area contributed by atoms with Crippen molar-refractivity contribution < 1.29 is 9.53 Å². The topological polar surface area (TPSA) is 47.4 Å². The normalized spacial score (nSPS) is 19.4. The van der Waals surface area contributed by atoms with E-state index in [0.717, 1.165) is 50.7 Å². The Balaban J connectivity index is 2.15. The lowest BCUT2D eigenvalue weighted by molar-refractivity contribution is -0.133. The van der Waals surface area contributed by atoms with Gasteiger partial charge in [0.15, 0.2) is 5.78 Å². The van der Waals surface area contributed by atoms with Gasteiger partial charge in [0.05, 0.1) is 30.9 Å². The molecular weight excluding hydrogens is 266 g/mol. The lowest BCUT2D eigenvalue weighted by Crippen LogP contribution is -2.56. The second-order valence-electron chi connectivity index (χ2n) is 5.92. The zero-order chi connectivity index (χ0) is 15.5. The van der Waals surface area contributed by atoms with Crippen LogP contribution in [-0.2, 0) is 22.5 Å². The Labute approximate surface area is 127 Å². The van der Waals surface area contributed by atoms with Gasteiger partial charge >= 0.3 is 0 Å². The molecule has 1 fully saturated rings. The summed E-state index contributed by atoms with van der Waals surface area (Å²) >= 11 is 0. The summed E-state index contributed by atoms with van der Waals surface area (Å²) in [6.45, 7) is 12.1. The van der Waals surface area contributed by atoms with E-state index < -0.39 is 5.54 Å². The number of carbonyl (C=O) groups is 1. The van der Waals surface area contributed by atoms with E-state index in [1.54, 1.807) is 0 Å². The predicted molar refractivity (Wildman–Crippen MR) is 82.4 cm³/mol. The second-order valence-corrected chi connectivity index (χ2v) is 5.92. The van der Waals surface area contributed by atoms with Crippen molar-refractivity contribution in [3.8, 4) is 0 Å². The van der Waals surface area contributed by atoms with Crippen LogP contribution in [0.25, 0.3) is 0 Å². The highest BCUT2D eigenvalue weighted by molar-refractivity contribution is 5.89. The molecule has 1 saturated heterocycles. The van der Waals surface area contributed by atoms with Gasteiger partial charge in [0, 0.05) is 25.3 Å². The summed E-state index contributed by atoms with van der Waals surface area (Å²) in [5.74, 6) is 0.279. The second kappa shape index (κ2) is 6.71. The zero-order valence-corrected chi connectivity index (χ0v) is 13.7. The maximum Gasteiger partial charge on any atom is 0.158 e. The molecule has 1 atom stereocenters. The van der Waals surface area contributed by atoms with Crippen LogP contribution in [0.3, 0.4) is 0 Å². The Kier molecular flexibility index (Phi) is 5.17. The van der Waals surface area contributed by atoms with E-state index in [-0.39, 0.29) is 5.78 Å². The third-order valence-electron chi connectivity index (χ3n) is 4.62. The highest BCUT2D eigenvalue weighted by Crippen LogP contribution is 2.24. The van der Waals surface area contributed by atoms with Crippen molar-refractivity contribution in [3.05, 3.63) is 17.5 Å². The first-order valence-corrected chi connectivity index (χ1v) is 7.90. The number of Topliss-reactive ketones (excluding diaryl/α,β-unsaturated/α-hetero) is 1. The molecule has 1 aliphatic rings. The summed E-state index contributed by atoms with van der Waals surface area (Å²) in [7, 11) is 0. The van der Waals surface area contributed by atoms with E-state index in [9.17, 15) is 4.79 Å². The maximum atomic E-state index is 12.9. The summed E-state index contributed by atoms with van der Waals surface area (Å²) < 4.78 is 7.34. The molecule has 0 N–H and O–H groups in total. The molecular formula is C16H27N3O2. The number of ketones is 1. The fraction of sp³-hybridized carbons (Fsp3) is 0.750. The first-order valence-electron chi connectivity index (χ1n) is 7.90. The van der Waals surface area contributed by atoms with Crippen molar-refractivity contribution in [1.82, 2.24) is 14.7 Å². The van der Waals surface area contributed by atoms with Crippen molar-refractivity contribution in [2.45, 2.75) is 52.6 Å². The average molecular weight is 293 g/mol. The minimum absolute atomic E-state index is 0.279. The van der Waals surface area contributed by atoms with Crippen molar-refractivity contribution in [3.63, 3.8) is 0 Å². The molecule has 5 heteroatoms. The summed E-state index contributed by atoms with van der Waals surface area (Å²) in [4.78, 5) is 15.2. The molecule has 1 aromatic rings. The van der Waals surface area contributed by atoms with Crippen LogP contribution < -0.4 is 0 Å². The van der Waals surface area contributed by atoms with Crippen LogP contribution in [0.4, 0.5) is 0 Å². The standard InChI is InChI=1S/C16H27N3O2/c1-5-16(4,18-7-9-21-10-8-18)15(20)12-14-11-13(3)17-19(14)6-2/h11H,5-10,12H2,1-4H3. The molecule has 2 heterocycles. The van der Waals surface area contributed by atoms with E-state index >= 15 is 0 Å². The van der Waals surface area contributed by atoms with Gasteiger partial charge in [0.2, 0.25) is 0 Å². The van der Waals surface area contributed by atoms with Crippen LogP contribution in [0.2, 0.25) is 0 Å². The number of hydrogen-bond donors (Lipinski definition) is 0. The number of rotatable bonds is 6. The third-order valence-corrected chi connectivity index (χ3v) is 4.62. The lowest BCUT2D eigenvalue weighted by Gasteiger charge is -2.41. The van der Waals surface area contributed by atoms with Gasteiger partial charge in [0.1, 0.15) is 0 Å². The molecule has 2 rings (SSSR count).